The largest absolute Gasteiger partial charge is 0.454 e. The van der Waals surface area contributed by atoms with Gasteiger partial charge in [-0.2, -0.15) is 0 Å². The number of para-hydroxylation sites is 1. The van der Waals surface area contributed by atoms with Gasteiger partial charge < -0.3 is 9.40 Å². The minimum absolute atomic E-state index is 0.803. The number of fused-ring (bicyclic) bond motifs is 7. The van der Waals surface area contributed by atoms with Gasteiger partial charge in [0.25, 0.3) is 0 Å². The van der Waals surface area contributed by atoms with Crippen LogP contribution in [0.15, 0.2) is 102 Å². The van der Waals surface area contributed by atoms with Crippen LogP contribution in [-0.4, -0.2) is 9.97 Å². The molecule has 1 aliphatic carbocycles. The molecule has 0 unspecified atom stereocenters. The smallest absolute Gasteiger partial charge is 0.155 e. The number of aromatic amines is 1. The summed E-state index contributed by atoms with van der Waals surface area (Å²) in [5.74, 6) is 0.882. The number of hydrogen-bond acceptors (Lipinski definition) is 2. The Hall–Kier alpha value is -4.11. The zero-order chi connectivity index (χ0) is 20.8. The van der Waals surface area contributed by atoms with E-state index in [1.54, 1.807) is 0 Å². The Balaban J connectivity index is 1.65. The molecule has 2 aromatic carbocycles. The second-order valence-corrected chi connectivity index (χ2v) is 7.77. The molecule has 3 heteroatoms. The third-order valence-corrected chi connectivity index (χ3v) is 5.87. The van der Waals surface area contributed by atoms with Crippen molar-refractivity contribution in [3.63, 3.8) is 0 Å². The summed E-state index contributed by atoms with van der Waals surface area (Å²) in [5, 5.41) is 2.27. The first-order valence-corrected chi connectivity index (χ1v) is 10.4. The van der Waals surface area contributed by atoms with Crippen LogP contribution in [0.25, 0.3) is 50.2 Å². The standard InChI is InChI=1S/C28H20N2O/c1-18-9-3-2-4-11-21-20-10-5-6-13-25(20)31-28(21)27-26(18)22-15-14-19(17-24(22)30-27)23-12-7-8-16-29-23/h2-10,12-17,30H,1,11H2/b4-2-,9-3-. The van der Waals surface area contributed by atoms with Crippen LogP contribution in [0.5, 0.6) is 0 Å². The third kappa shape index (κ3) is 2.86. The Bertz CT molecular complexity index is 1510. The van der Waals surface area contributed by atoms with E-state index in [1.165, 1.54) is 5.56 Å². The van der Waals surface area contributed by atoms with Gasteiger partial charge in [-0.3, -0.25) is 4.98 Å². The van der Waals surface area contributed by atoms with Gasteiger partial charge in [-0.1, -0.05) is 67.3 Å². The van der Waals surface area contributed by atoms with Crippen LogP contribution in [0.4, 0.5) is 0 Å². The average molecular weight is 400 g/mol. The molecule has 1 aliphatic rings. The van der Waals surface area contributed by atoms with Crippen LogP contribution in [0.1, 0.15) is 11.1 Å². The van der Waals surface area contributed by atoms with Crippen molar-refractivity contribution in [1.29, 1.82) is 0 Å². The van der Waals surface area contributed by atoms with Gasteiger partial charge in [-0.15, -0.1) is 0 Å². The van der Waals surface area contributed by atoms with Crippen molar-refractivity contribution in [2.24, 2.45) is 0 Å². The maximum atomic E-state index is 6.40. The molecule has 0 saturated carbocycles. The lowest BCUT2D eigenvalue weighted by molar-refractivity contribution is 0.626. The molecule has 0 aliphatic heterocycles. The van der Waals surface area contributed by atoms with Crippen molar-refractivity contribution in [3.8, 4) is 22.7 Å². The maximum absolute atomic E-state index is 6.40. The lowest BCUT2D eigenvalue weighted by Gasteiger charge is -2.06. The molecule has 0 amide bonds. The van der Waals surface area contributed by atoms with E-state index in [9.17, 15) is 0 Å². The second kappa shape index (κ2) is 6.99. The summed E-state index contributed by atoms with van der Waals surface area (Å²) < 4.78 is 6.40. The fraction of sp³-hybridized carbons (Fsp3) is 0.0357. The number of benzene rings is 2. The number of rotatable bonds is 1. The van der Waals surface area contributed by atoms with Gasteiger partial charge in [0, 0.05) is 39.2 Å². The summed E-state index contributed by atoms with van der Waals surface area (Å²) in [6.45, 7) is 4.36. The van der Waals surface area contributed by atoms with E-state index < -0.39 is 0 Å². The first-order chi connectivity index (χ1) is 15.3. The van der Waals surface area contributed by atoms with Crippen molar-refractivity contribution < 1.29 is 4.42 Å². The zero-order valence-corrected chi connectivity index (χ0v) is 16.9. The van der Waals surface area contributed by atoms with Crippen molar-refractivity contribution >= 4 is 27.4 Å². The van der Waals surface area contributed by atoms with Crippen molar-refractivity contribution in [3.05, 3.63) is 109 Å². The fourth-order valence-corrected chi connectivity index (χ4v) is 4.42. The zero-order valence-electron chi connectivity index (χ0n) is 16.9. The predicted molar refractivity (Wildman–Crippen MR) is 128 cm³/mol. The quantitative estimate of drug-likeness (QED) is 0.320. The summed E-state index contributed by atoms with van der Waals surface area (Å²) in [6.07, 6.45) is 11.0. The monoisotopic (exact) mass is 400 g/mol. The highest BCUT2D eigenvalue weighted by atomic mass is 16.3. The molecule has 0 atom stereocenters. The van der Waals surface area contributed by atoms with E-state index >= 15 is 0 Å². The van der Waals surface area contributed by atoms with Crippen LogP contribution < -0.4 is 0 Å². The maximum Gasteiger partial charge on any atom is 0.155 e. The summed E-state index contributed by atoms with van der Waals surface area (Å²) >= 11 is 0. The summed E-state index contributed by atoms with van der Waals surface area (Å²) in [5.41, 5.74) is 8.16. The van der Waals surface area contributed by atoms with Crippen LogP contribution in [0, 0.1) is 0 Å². The molecule has 0 bridgehead atoms. The average Bonchev–Trinajstić information content (AvgIpc) is 3.37. The van der Waals surface area contributed by atoms with Crippen LogP contribution in [0.3, 0.4) is 0 Å². The molecule has 148 valence electrons. The summed E-state index contributed by atoms with van der Waals surface area (Å²) in [4.78, 5) is 8.15. The van der Waals surface area contributed by atoms with Crippen LogP contribution in [-0.2, 0) is 6.42 Å². The molecule has 5 aromatic rings. The number of H-pyrrole nitrogens is 1. The van der Waals surface area contributed by atoms with Gasteiger partial charge in [0.15, 0.2) is 5.76 Å². The molecule has 6 rings (SSSR count). The van der Waals surface area contributed by atoms with Gasteiger partial charge >= 0.3 is 0 Å². The molecule has 0 saturated heterocycles. The summed E-state index contributed by atoms with van der Waals surface area (Å²) in [6, 6.07) is 20.6. The first-order valence-electron chi connectivity index (χ1n) is 10.4. The molecule has 0 radical (unpaired) electrons. The van der Waals surface area contributed by atoms with E-state index in [-0.39, 0.29) is 0 Å². The normalized spacial score (nSPS) is 15.5. The summed E-state index contributed by atoms with van der Waals surface area (Å²) in [7, 11) is 0. The fourth-order valence-electron chi connectivity index (χ4n) is 4.42. The number of hydrogen-bond donors (Lipinski definition) is 1. The predicted octanol–water partition coefficient (Wildman–Crippen LogP) is 7.32. The van der Waals surface area contributed by atoms with Crippen molar-refractivity contribution in [2.45, 2.75) is 6.42 Å². The second-order valence-electron chi connectivity index (χ2n) is 7.77. The lowest BCUT2D eigenvalue weighted by atomic mass is 9.97. The van der Waals surface area contributed by atoms with E-state index in [0.717, 1.165) is 62.1 Å². The Morgan fingerprint density at radius 2 is 1.84 bits per heavy atom. The number of nitrogens with one attached hydrogen (secondary N) is 1. The molecular formula is C28H20N2O. The number of aromatic nitrogens is 2. The molecule has 31 heavy (non-hydrogen) atoms. The third-order valence-electron chi connectivity index (χ3n) is 5.87. The minimum Gasteiger partial charge on any atom is -0.454 e. The van der Waals surface area contributed by atoms with E-state index in [0.29, 0.717) is 0 Å². The van der Waals surface area contributed by atoms with Crippen molar-refractivity contribution in [1.82, 2.24) is 9.97 Å². The number of nitrogens with zero attached hydrogens (tertiary/aromatic N) is 1. The van der Waals surface area contributed by atoms with Crippen molar-refractivity contribution in [2.75, 3.05) is 0 Å². The highest BCUT2D eigenvalue weighted by molar-refractivity contribution is 6.04. The van der Waals surface area contributed by atoms with Gasteiger partial charge in [0.2, 0.25) is 0 Å². The molecule has 3 aromatic heterocycles. The number of furan rings is 1. The number of allylic oxidation sites excluding steroid dienone is 5. The molecule has 3 nitrogen and oxygen atoms in total. The lowest BCUT2D eigenvalue weighted by Crippen LogP contribution is -1.89. The Labute approximate surface area is 180 Å². The number of pyridine rings is 1. The van der Waals surface area contributed by atoms with Gasteiger partial charge in [0.1, 0.15) is 5.58 Å². The van der Waals surface area contributed by atoms with Gasteiger partial charge in [0.05, 0.1) is 11.4 Å². The van der Waals surface area contributed by atoms with Gasteiger partial charge in [-0.25, -0.2) is 0 Å². The van der Waals surface area contributed by atoms with Crippen LogP contribution >= 0.6 is 0 Å². The molecular weight excluding hydrogens is 380 g/mol. The SMILES string of the molecule is C=C1/C=C\C=C/Cc2c(oc3ccccc23)-c2[nH]c3cc(-c4ccccn4)ccc3c21. The Morgan fingerprint density at radius 3 is 2.74 bits per heavy atom. The minimum atomic E-state index is 0.803. The topological polar surface area (TPSA) is 41.8 Å². The van der Waals surface area contributed by atoms with E-state index in [2.05, 4.69) is 71.2 Å². The van der Waals surface area contributed by atoms with Crippen LogP contribution in [0.2, 0.25) is 0 Å². The highest BCUT2D eigenvalue weighted by Crippen LogP contribution is 2.41. The molecule has 1 N–H and O–H groups in total. The molecule has 3 heterocycles. The Kier molecular flexibility index (Phi) is 4.00. The molecule has 0 fully saturated rings. The highest BCUT2D eigenvalue weighted by Gasteiger charge is 2.22. The first kappa shape index (κ1) is 17.7. The molecule has 0 spiro atoms. The Morgan fingerprint density at radius 1 is 0.935 bits per heavy atom. The van der Waals surface area contributed by atoms with Gasteiger partial charge in [-0.05, 0) is 36.3 Å². The van der Waals surface area contributed by atoms with E-state index in [4.69, 9.17) is 4.42 Å². The van der Waals surface area contributed by atoms with E-state index in [1.807, 2.05) is 36.5 Å².